The molecule has 7 heteroatoms. The van der Waals surface area contributed by atoms with Gasteiger partial charge in [-0.2, -0.15) is 0 Å². The first-order valence-corrected chi connectivity index (χ1v) is 13.0. The lowest BCUT2D eigenvalue weighted by atomic mass is 10.1. The number of carbonyl (C=O) groups excluding carboxylic acids is 3. The summed E-state index contributed by atoms with van der Waals surface area (Å²) in [6.45, 7) is 4.47. The van der Waals surface area contributed by atoms with Crippen LogP contribution in [0.1, 0.15) is 107 Å². The lowest BCUT2D eigenvalue weighted by Crippen LogP contribution is -2.28. The summed E-state index contributed by atoms with van der Waals surface area (Å²) >= 11 is 0. The molecule has 0 aromatic rings. The van der Waals surface area contributed by atoms with Crippen LogP contribution in [0.3, 0.4) is 0 Å². The van der Waals surface area contributed by atoms with Crippen LogP contribution in [0.5, 0.6) is 0 Å². The maximum Gasteiger partial charge on any atom is 0.385 e. The Bertz CT molecular complexity index is 1140. The van der Waals surface area contributed by atoms with E-state index in [0.29, 0.717) is 0 Å². The molecule has 0 fully saturated rings. The Kier molecular flexibility index (Phi) is 28.3. The quantitative estimate of drug-likeness (QED) is 0.111. The molecule has 0 aromatic carbocycles. The highest BCUT2D eigenvalue weighted by molar-refractivity contribution is 5.89. The summed E-state index contributed by atoms with van der Waals surface area (Å²) in [5, 5.41) is 9.34. The van der Waals surface area contributed by atoms with Gasteiger partial charge in [0.15, 0.2) is 6.10 Å². The molecule has 0 saturated heterocycles. The first kappa shape index (κ1) is 36.9. The minimum atomic E-state index is -0.918. The van der Waals surface area contributed by atoms with Gasteiger partial charge in [-0.05, 0) is 72.5 Å². The van der Waals surface area contributed by atoms with Gasteiger partial charge in [0.05, 0.1) is 6.61 Å². The molecule has 230 valence electrons. The summed E-state index contributed by atoms with van der Waals surface area (Å²) in [6, 6.07) is 0. The van der Waals surface area contributed by atoms with Crippen molar-refractivity contribution in [1.82, 2.24) is 0 Å². The van der Waals surface area contributed by atoms with Gasteiger partial charge in [0.2, 0.25) is 5.91 Å². The zero-order valence-corrected chi connectivity index (χ0v) is 23.3. The molecule has 39 heavy (non-hydrogen) atoms. The second-order valence-electron chi connectivity index (χ2n) is 8.06. The summed E-state index contributed by atoms with van der Waals surface area (Å²) in [5.74, 6) is 27.6. The van der Waals surface area contributed by atoms with Crippen LogP contribution in [0.15, 0.2) is 0 Å². The largest absolute Gasteiger partial charge is 0.456 e. The molecule has 1 atom stereocenters. The molecule has 7 nitrogen and oxygen atoms in total. The number of rotatable bonds is 15. The zero-order valence-electron chi connectivity index (χ0n) is 23.3. The lowest BCUT2D eigenvalue weighted by molar-refractivity contribution is -0.159. The molecule has 0 heterocycles. The van der Waals surface area contributed by atoms with Crippen LogP contribution in [0, 0.1) is 71.0 Å². The molecule has 0 aliphatic rings. The van der Waals surface area contributed by atoms with E-state index in [1.807, 2.05) is 0 Å². The Morgan fingerprint density at radius 1 is 0.769 bits per heavy atom. The zero-order chi connectivity index (χ0) is 29.4. The molecule has 1 amide bonds. The highest BCUT2D eigenvalue weighted by atomic mass is 16.6. The highest BCUT2D eigenvalue weighted by Crippen LogP contribution is 2.11. The number of aliphatic hydroxyl groups is 1. The molecular formula is C32H61NO6. The Morgan fingerprint density at radius 2 is 1.21 bits per heavy atom. The molecule has 0 radical (unpaired) electrons. The summed E-state index contributed by atoms with van der Waals surface area (Å²) < 4.78 is 10.0. The average Bonchev–Trinajstić information content (AvgIpc) is 2.90. The molecule has 0 bridgehead atoms. The molecule has 0 unspecified atom stereocenters. The number of hydrogen-bond acceptors (Lipinski definition) is 6. The Labute approximate surface area is 250 Å². The van der Waals surface area contributed by atoms with Crippen LogP contribution in [0.4, 0.5) is 0 Å². The van der Waals surface area contributed by atoms with Crippen LogP contribution >= 0.6 is 0 Å². The predicted molar refractivity (Wildman–Crippen MR) is 175 cm³/mol. The van der Waals surface area contributed by atoms with Gasteiger partial charge in [-0.1, -0.05) is 70.6 Å². The Balaban J connectivity index is -0.0000000784. The molecule has 0 saturated carbocycles. The molecule has 0 rings (SSSR count). The van der Waals surface area contributed by atoms with Crippen molar-refractivity contribution < 1.29 is 44.7 Å². The molecular weight excluding hydrogens is 494 g/mol. The number of carbonyl (C=O) groups is 3. The van der Waals surface area contributed by atoms with Crippen molar-refractivity contribution in [2.45, 2.75) is 97.5 Å². The van der Waals surface area contributed by atoms with Crippen molar-refractivity contribution in [2.75, 3.05) is 13.2 Å². The minimum absolute atomic E-state index is 0. The average molecular weight is 556 g/mol. The van der Waals surface area contributed by atoms with E-state index in [2.05, 4.69) is 83.7 Å². The maximum atomic E-state index is 11.9. The number of esters is 2. The number of ether oxygens (including phenoxy) is 2. The summed E-state index contributed by atoms with van der Waals surface area (Å²) in [6.07, 6.45) is 11.1. The number of amides is 1. The SMILES string of the molecule is CC#CC#CC#CC#CC#CC#CC(=O)OC[C@H](CO)OC(=O)CCCCCCCCCCCC.CC(N)=O.[HH].[HH].[HH].[HH].[HH].[HH].[HH].[HH].[HH].[HH].[HH]. The normalized spacial score (nSPS) is 8.92. The topological polar surface area (TPSA) is 116 Å². The fourth-order valence-corrected chi connectivity index (χ4v) is 2.73. The van der Waals surface area contributed by atoms with Gasteiger partial charge >= 0.3 is 11.9 Å². The first-order valence-electron chi connectivity index (χ1n) is 13.0. The monoisotopic (exact) mass is 555 g/mol. The van der Waals surface area contributed by atoms with Crippen LogP contribution in [0.25, 0.3) is 0 Å². The van der Waals surface area contributed by atoms with E-state index < -0.39 is 24.6 Å². The van der Waals surface area contributed by atoms with Crippen LogP contribution in [-0.2, 0) is 23.9 Å². The molecule has 0 aromatic heterocycles. The summed E-state index contributed by atoms with van der Waals surface area (Å²) in [4.78, 5) is 32.8. The van der Waals surface area contributed by atoms with Gasteiger partial charge in [-0.3, -0.25) is 9.59 Å². The van der Waals surface area contributed by atoms with Crippen molar-refractivity contribution in [3.05, 3.63) is 0 Å². The van der Waals surface area contributed by atoms with Crippen molar-refractivity contribution in [2.24, 2.45) is 5.73 Å². The Hall–Kier alpha value is -4.27. The smallest absolute Gasteiger partial charge is 0.385 e. The van der Waals surface area contributed by atoms with Crippen LogP contribution in [-0.4, -0.2) is 42.3 Å². The van der Waals surface area contributed by atoms with Gasteiger partial charge in [0.25, 0.3) is 0 Å². The third-order valence-corrected chi connectivity index (χ3v) is 4.49. The van der Waals surface area contributed by atoms with E-state index in [9.17, 15) is 19.5 Å². The third-order valence-electron chi connectivity index (χ3n) is 4.49. The van der Waals surface area contributed by atoms with Gasteiger partial charge in [0, 0.05) is 35.0 Å². The standard InChI is InChI=1S/C30H34O5.C2H5NO.11H2/c1-3-5-7-9-11-13-15-17-18-20-22-24-29(32)34-27-28(26-31)35-30(33)25-23-21-19-16-14-12-10-8-6-4-2;1-2(3)4;;;;;;;;;;;/h28,31H,4,6,8,10,12,14,16,19,21,23,25-27H2,1-2H3;1H3,(H2,3,4);11*1H/t28-;;;;;;;;;;;;/m0............/s1. The highest BCUT2D eigenvalue weighted by Gasteiger charge is 2.15. The van der Waals surface area contributed by atoms with Crippen molar-refractivity contribution in [3.63, 3.8) is 0 Å². The van der Waals surface area contributed by atoms with Crippen molar-refractivity contribution in [1.29, 1.82) is 0 Å². The van der Waals surface area contributed by atoms with Crippen molar-refractivity contribution in [3.8, 4) is 71.0 Å². The van der Waals surface area contributed by atoms with E-state index in [0.717, 1.165) is 19.3 Å². The van der Waals surface area contributed by atoms with Crippen LogP contribution < -0.4 is 5.73 Å². The van der Waals surface area contributed by atoms with Gasteiger partial charge in [0.1, 0.15) is 6.61 Å². The second-order valence-corrected chi connectivity index (χ2v) is 8.06. The fraction of sp³-hybridized carbons (Fsp3) is 0.531. The van der Waals surface area contributed by atoms with Gasteiger partial charge in [-0.15, -0.1) is 0 Å². The molecule has 0 aliphatic carbocycles. The maximum absolute atomic E-state index is 11.9. The van der Waals surface area contributed by atoms with E-state index >= 15 is 0 Å². The fourth-order valence-electron chi connectivity index (χ4n) is 2.73. The van der Waals surface area contributed by atoms with Crippen LogP contribution in [0.2, 0.25) is 0 Å². The van der Waals surface area contributed by atoms with E-state index in [1.54, 1.807) is 6.92 Å². The second kappa shape index (κ2) is 30.0. The number of aliphatic hydroxyl groups excluding tert-OH is 1. The predicted octanol–water partition coefficient (Wildman–Crippen LogP) is 5.98. The van der Waals surface area contributed by atoms with E-state index in [-0.39, 0.29) is 34.6 Å². The number of nitrogens with two attached hydrogens (primary N) is 1. The van der Waals surface area contributed by atoms with E-state index in [4.69, 9.17) is 9.47 Å². The summed E-state index contributed by atoms with van der Waals surface area (Å²) in [7, 11) is 0. The molecule has 3 N–H and O–H groups in total. The molecule has 0 spiro atoms. The van der Waals surface area contributed by atoms with E-state index in [1.165, 1.54) is 51.9 Å². The van der Waals surface area contributed by atoms with Gasteiger partial charge in [-0.25, -0.2) is 4.79 Å². The number of hydrogen-bond donors (Lipinski definition) is 2. The number of unbranched alkanes of at least 4 members (excludes halogenated alkanes) is 9. The Morgan fingerprint density at radius 3 is 1.67 bits per heavy atom. The molecule has 0 aliphatic heterocycles. The third kappa shape index (κ3) is 33.7. The minimum Gasteiger partial charge on any atom is -0.456 e. The lowest BCUT2D eigenvalue weighted by Gasteiger charge is -2.14. The summed E-state index contributed by atoms with van der Waals surface area (Å²) in [5.41, 5.74) is 4.47. The number of primary amides is 1. The van der Waals surface area contributed by atoms with Crippen molar-refractivity contribution >= 4 is 17.8 Å². The van der Waals surface area contributed by atoms with Gasteiger partial charge < -0.3 is 20.3 Å². The first-order chi connectivity index (χ1) is 18.9.